The Morgan fingerprint density at radius 1 is 1.03 bits per heavy atom. The minimum atomic E-state index is -0.735. The number of hydrogen-bond donors (Lipinski definition) is 2. The second-order valence-electron chi connectivity index (χ2n) is 8.03. The van der Waals surface area contributed by atoms with Crippen LogP contribution in [0, 0.1) is 6.92 Å². The number of nitrogens with one attached hydrogen (secondary N) is 2. The van der Waals surface area contributed by atoms with Gasteiger partial charge in [0.2, 0.25) is 0 Å². The maximum absolute atomic E-state index is 12.9. The monoisotopic (exact) mass is 431 g/mol. The minimum Gasteiger partial charge on any atom is -0.481 e. The van der Waals surface area contributed by atoms with E-state index in [0.717, 1.165) is 16.7 Å². The number of hydrogen-bond acceptors (Lipinski definition) is 4. The van der Waals surface area contributed by atoms with Crippen LogP contribution in [0.1, 0.15) is 53.7 Å². The highest BCUT2D eigenvalue weighted by Crippen LogP contribution is 2.28. The van der Waals surface area contributed by atoms with Gasteiger partial charge < -0.3 is 15.4 Å². The molecule has 3 rings (SSSR count). The summed E-state index contributed by atoms with van der Waals surface area (Å²) in [4.78, 5) is 29.6. The molecule has 3 aromatic rings. The fourth-order valence-corrected chi connectivity index (χ4v) is 3.27. The first-order valence-electron chi connectivity index (χ1n) is 10.7. The quantitative estimate of drug-likeness (QED) is 0.534. The molecule has 6 nitrogen and oxygen atoms in total. The van der Waals surface area contributed by atoms with Crippen molar-refractivity contribution in [2.75, 3.05) is 5.32 Å². The van der Waals surface area contributed by atoms with Crippen LogP contribution in [-0.2, 0) is 11.3 Å². The van der Waals surface area contributed by atoms with Crippen molar-refractivity contribution in [3.05, 3.63) is 89.2 Å². The summed E-state index contributed by atoms with van der Waals surface area (Å²) in [6, 6.07) is 16.6. The molecule has 2 N–H and O–H groups in total. The molecule has 0 radical (unpaired) electrons. The van der Waals surface area contributed by atoms with Crippen molar-refractivity contribution in [1.82, 2.24) is 10.3 Å². The Morgan fingerprint density at radius 3 is 2.53 bits per heavy atom. The fraction of sp³-hybridized carbons (Fsp3) is 0.269. The third-order valence-electron chi connectivity index (χ3n) is 5.07. The van der Waals surface area contributed by atoms with Gasteiger partial charge in [-0.25, -0.2) is 0 Å². The van der Waals surface area contributed by atoms with Gasteiger partial charge in [0.25, 0.3) is 11.8 Å². The van der Waals surface area contributed by atoms with Crippen molar-refractivity contribution in [3.63, 3.8) is 0 Å². The van der Waals surface area contributed by atoms with Gasteiger partial charge >= 0.3 is 0 Å². The number of benzene rings is 2. The molecule has 1 unspecified atom stereocenters. The third kappa shape index (κ3) is 5.94. The largest absolute Gasteiger partial charge is 0.481 e. The molecule has 0 saturated heterocycles. The van der Waals surface area contributed by atoms with Crippen LogP contribution >= 0.6 is 0 Å². The average molecular weight is 432 g/mol. The number of nitrogens with zero attached hydrogens (tertiary/aromatic N) is 1. The summed E-state index contributed by atoms with van der Waals surface area (Å²) in [6.45, 7) is 8.21. The predicted octanol–water partition coefficient (Wildman–Crippen LogP) is 4.85. The number of aryl methyl sites for hydroxylation is 1. The molecule has 2 amide bonds. The lowest BCUT2D eigenvalue weighted by atomic mass is 10.0. The number of carbonyl (C=O) groups is 2. The molecule has 0 saturated carbocycles. The Bertz CT molecular complexity index is 1080. The van der Waals surface area contributed by atoms with E-state index in [1.54, 1.807) is 43.6 Å². The van der Waals surface area contributed by atoms with Crippen molar-refractivity contribution >= 4 is 17.5 Å². The Kier molecular flexibility index (Phi) is 7.60. The van der Waals surface area contributed by atoms with Gasteiger partial charge in [-0.3, -0.25) is 14.6 Å². The number of anilines is 1. The molecule has 0 aliphatic heterocycles. The summed E-state index contributed by atoms with van der Waals surface area (Å²) >= 11 is 0. The van der Waals surface area contributed by atoms with Crippen LogP contribution in [-0.4, -0.2) is 22.9 Å². The highest BCUT2D eigenvalue weighted by atomic mass is 16.5. The molecule has 0 aliphatic carbocycles. The first-order chi connectivity index (χ1) is 15.3. The summed E-state index contributed by atoms with van der Waals surface area (Å²) in [5, 5.41) is 5.70. The summed E-state index contributed by atoms with van der Waals surface area (Å²) in [5.74, 6) is 0.364. The lowest BCUT2D eigenvalue weighted by molar-refractivity contribution is -0.122. The average Bonchev–Trinajstić information content (AvgIpc) is 2.78. The van der Waals surface area contributed by atoms with Gasteiger partial charge in [-0.15, -0.1) is 0 Å². The molecule has 2 aromatic carbocycles. The van der Waals surface area contributed by atoms with Crippen molar-refractivity contribution in [3.8, 4) is 5.75 Å². The predicted molar refractivity (Wildman–Crippen MR) is 126 cm³/mol. The number of para-hydroxylation sites is 1. The van der Waals surface area contributed by atoms with E-state index in [4.69, 9.17) is 4.74 Å². The van der Waals surface area contributed by atoms with Crippen LogP contribution in [0.3, 0.4) is 0 Å². The minimum absolute atomic E-state index is 0.269. The Labute approximate surface area is 189 Å². The molecule has 0 spiro atoms. The summed E-state index contributed by atoms with van der Waals surface area (Å²) in [5.41, 5.74) is 3.82. The molecule has 1 aromatic heterocycles. The van der Waals surface area contributed by atoms with E-state index in [1.807, 2.05) is 37.3 Å². The summed E-state index contributed by atoms with van der Waals surface area (Å²) < 4.78 is 6.01. The molecule has 32 heavy (non-hydrogen) atoms. The Balaban J connectivity index is 1.69. The number of amides is 2. The fourth-order valence-electron chi connectivity index (χ4n) is 3.27. The maximum Gasteiger partial charge on any atom is 0.265 e. The Morgan fingerprint density at radius 2 is 1.81 bits per heavy atom. The molecule has 0 fully saturated rings. The number of aromatic nitrogens is 1. The summed E-state index contributed by atoms with van der Waals surface area (Å²) in [6.07, 6.45) is 2.64. The standard InChI is InChI=1S/C26H29N3O3/c1-17(2)21-12-11-18(3)14-24(21)32-19(4)25(30)29-23-10-6-5-9-22(23)26(31)28-16-20-8-7-13-27-15-20/h5-15,17,19H,16H2,1-4H3,(H,28,31)(H,29,30). The van der Waals surface area contributed by atoms with Gasteiger partial charge in [0.05, 0.1) is 11.3 Å². The van der Waals surface area contributed by atoms with Crippen LogP contribution in [0.15, 0.2) is 67.0 Å². The molecule has 0 aliphatic rings. The molecular weight excluding hydrogens is 402 g/mol. The van der Waals surface area contributed by atoms with Gasteiger partial charge in [-0.1, -0.05) is 44.2 Å². The maximum atomic E-state index is 12.9. The Hall–Kier alpha value is -3.67. The van der Waals surface area contributed by atoms with Gasteiger partial charge in [0.1, 0.15) is 5.75 Å². The van der Waals surface area contributed by atoms with E-state index in [9.17, 15) is 9.59 Å². The van der Waals surface area contributed by atoms with E-state index in [1.165, 1.54) is 0 Å². The SMILES string of the molecule is Cc1ccc(C(C)C)c(OC(C)C(=O)Nc2ccccc2C(=O)NCc2cccnc2)c1. The zero-order valence-corrected chi connectivity index (χ0v) is 18.9. The normalized spacial score (nSPS) is 11.7. The van der Waals surface area contributed by atoms with Crippen molar-refractivity contribution < 1.29 is 14.3 Å². The molecule has 1 heterocycles. The third-order valence-corrected chi connectivity index (χ3v) is 5.07. The number of pyridine rings is 1. The van der Waals surface area contributed by atoms with E-state index in [2.05, 4.69) is 29.5 Å². The topological polar surface area (TPSA) is 80.3 Å². The van der Waals surface area contributed by atoms with Crippen LogP contribution in [0.2, 0.25) is 0 Å². The molecule has 6 heteroatoms. The van der Waals surface area contributed by atoms with E-state index < -0.39 is 6.10 Å². The second kappa shape index (κ2) is 10.6. The van der Waals surface area contributed by atoms with Crippen LogP contribution in [0.4, 0.5) is 5.69 Å². The second-order valence-corrected chi connectivity index (χ2v) is 8.03. The first kappa shape index (κ1) is 23.0. The van der Waals surface area contributed by atoms with Gasteiger partial charge in [0.15, 0.2) is 6.10 Å². The van der Waals surface area contributed by atoms with Gasteiger partial charge in [0, 0.05) is 18.9 Å². The van der Waals surface area contributed by atoms with Crippen molar-refractivity contribution in [1.29, 1.82) is 0 Å². The zero-order chi connectivity index (χ0) is 23.1. The van der Waals surface area contributed by atoms with Crippen molar-refractivity contribution in [2.24, 2.45) is 0 Å². The van der Waals surface area contributed by atoms with Crippen LogP contribution in [0.25, 0.3) is 0 Å². The molecular formula is C26H29N3O3. The van der Waals surface area contributed by atoms with E-state index in [-0.39, 0.29) is 17.7 Å². The lowest BCUT2D eigenvalue weighted by Gasteiger charge is -2.20. The zero-order valence-electron chi connectivity index (χ0n) is 18.9. The molecule has 166 valence electrons. The highest BCUT2D eigenvalue weighted by Gasteiger charge is 2.20. The highest BCUT2D eigenvalue weighted by molar-refractivity contribution is 6.04. The number of carbonyl (C=O) groups excluding carboxylic acids is 2. The van der Waals surface area contributed by atoms with Crippen molar-refractivity contribution in [2.45, 2.75) is 46.3 Å². The number of rotatable bonds is 8. The molecule has 0 bridgehead atoms. The van der Waals surface area contributed by atoms with Crippen LogP contribution < -0.4 is 15.4 Å². The van der Waals surface area contributed by atoms with E-state index >= 15 is 0 Å². The first-order valence-corrected chi connectivity index (χ1v) is 10.7. The van der Waals surface area contributed by atoms with Crippen LogP contribution in [0.5, 0.6) is 5.75 Å². The number of ether oxygens (including phenoxy) is 1. The molecule has 1 atom stereocenters. The van der Waals surface area contributed by atoms with E-state index in [0.29, 0.717) is 23.5 Å². The lowest BCUT2D eigenvalue weighted by Crippen LogP contribution is -2.32. The summed E-state index contributed by atoms with van der Waals surface area (Å²) in [7, 11) is 0. The van der Waals surface area contributed by atoms with Gasteiger partial charge in [-0.05, 0) is 60.7 Å². The van der Waals surface area contributed by atoms with Gasteiger partial charge in [-0.2, -0.15) is 0 Å². The smallest absolute Gasteiger partial charge is 0.265 e.